The van der Waals surface area contributed by atoms with Crippen LogP contribution in [0, 0.1) is 12.3 Å². The number of carbonyl (C=O) groups excluding carboxylic acids is 1. The van der Waals surface area contributed by atoms with Crippen molar-refractivity contribution in [3.63, 3.8) is 0 Å². The van der Waals surface area contributed by atoms with E-state index in [9.17, 15) is 4.79 Å². The Balaban J connectivity index is 3.32. The number of aliphatic hydroxyl groups excluding tert-OH is 1. The number of ether oxygens (including phenoxy) is 1. The van der Waals surface area contributed by atoms with Crippen LogP contribution in [0.4, 0.5) is 0 Å². The standard InChI is InChI=1S/C8H13NO3/c1-3-8(11)9-5-4-7(10)6-12-2/h1,7,10H,4-6H2,2H3,(H,9,11). The van der Waals surface area contributed by atoms with Crippen molar-refractivity contribution in [2.45, 2.75) is 12.5 Å². The predicted octanol–water partition coefficient (Wildman–Crippen LogP) is -0.867. The van der Waals surface area contributed by atoms with E-state index in [2.05, 4.69) is 10.1 Å². The van der Waals surface area contributed by atoms with Crippen LogP contribution in [-0.4, -0.2) is 37.4 Å². The van der Waals surface area contributed by atoms with Crippen molar-refractivity contribution in [2.75, 3.05) is 20.3 Å². The Morgan fingerprint density at radius 3 is 3.00 bits per heavy atom. The first-order valence-corrected chi connectivity index (χ1v) is 3.62. The normalized spacial score (nSPS) is 11.8. The molecule has 68 valence electrons. The molecule has 0 aliphatic rings. The maximum Gasteiger partial charge on any atom is 0.295 e. The highest BCUT2D eigenvalue weighted by atomic mass is 16.5. The first kappa shape index (κ1) is 11.0. The van der Waals surface area contributed by atoms with Crippen LogP contribution in [0.2, 0.25) is 0 Å². The quantitative estimate of drug-likeness (QED) is 0.529. The summed E-state index contributed by atoms with van der Waals surface area (Å²) in [6, 6.07) is 0. The Kier molecular flexibility index (Phi) is 6.07. The van der Waals surface area contributed by atoms with E-state index in [-0.39, 0.29) is 6.61 Å². The number of hydrogen-bond acceptors (Lipinski definition) is 3. The largest absolute Gasteiger partial charge is 0.391 e. The van der Waals surface area contributed by atoms with Gasteiger partial charge in [0.1, 0.15) is 0 Å². The van der Waals surface area contributed by atoms with Gasteiger partial charge in [-0.15, -0.1) is 6.42 Å². The van der Waals surface area contributed by atoms with E-state index in [0.717, 1.165) is 0 Å². The molecule has 0 saturated heterocycles. The number of terminal acetylenes is 1. The molecule has 0 bridgehead atoms. The minimum Gasteiger partial charge on any atom is -0.391 e. The summed E-state index contributed by atoms with van der Waals surface area (Å²) >= 11 is 0. The molecule has 1 unspecified atom stereocenters. The van der Waals surface area contributed by atoms with Crippen molar-refractivity contribution in [3.05, 3.63) is 0 Å². The van der Waals surface area contributed by atoms with E-state index < -0.39 is 12.0 Å². The Bertz CT molecular complexity index is 174. The lowest BCUT2D eigenvalue weighted by Gasteiger charge is -2.08. The van der Waals surface area contributed by atoms with Crippen LogP contribution in [0.3, 0.4) is 0 Å². The average molecular weight is 171 g/mol. The summed E-state index contributed by atoms with van der Waals surface area (Å²) in [7, 11) is 1.50. The number of hydrogen-bond donors (Lipinski definition) is 2. The molecule has 0 saturated carbocycles. The first-order chi connectivity index (χ1) is 5.70. The highest BCUT2D eigenvalue weighted by Gasteiger charge is 2.02. The second-order valence-electron chi connectivity index (χ2n) is 2.30. The number of carbonyl (C=O) groups is 1. The van der Waals surface area contributed by atoms with E-state index in [1.54, 1.807) is 0 Å². The Labute approximate surface area is 71.9 Å². The fraction of sp³-hybridized carbons (Fsp3) is 0.625. The molecule has 0 rings (SSSR count). The second kappa shape index (κ2) is 6.65. The summed E-state index contributed by atoms with van der Waals surface area (Å²) in [4.78, 5) is 10.5. The van der Waals surface area contributed by atoms with Gasteiger partial charge in [-0.2, -0.15) is 0 Å². The molecule has 12 heavy (non-hydrogen) atoms. The maximum absolute atomic E-state index is 10.5. The third-order valence-corrected chi connectivity index (χ3v) is 1.25. The van der Waals surface area contributed by atoms with Crippen molar-refractivity contribution >= 4 is 5.91 Å². The van der Waals surface area contributed by atoms with Crippen LogP contribution in [0.5, 0.6) is 0 Å². The molecule has 0 aliphatic carbocycles. The van der Waals surface area contributed by atoms with Gasteiger partial charge in [0.2, 0.25) is 0 Å². The lowest BCUT2D eigenvalue weighted by Crippen LogP contribution is -2.27. The summed E-state index contributed by atoms with van der Waals surface area (Å²) in [5.41, 5.74) is 0. The fourth-order valence-corrected chi connectivity index (χ4v) is 0.679. The lowest BCUT2D eigenvalue weighted by molar-refractivity contribution is -0.115. The number of rotatable bonds is 5. The molecule has 0 fully saturated rings. The number of methoxy groups -OCH3 is 1. The molecule has 2 N–H and O–H groups in total. The summed E-state index contributed by atoms with van der Waals surface area (Å²) in [5.74, 6) is 1.45. The van der Waals surface area contributed by atoms with Gasteiger partial charge in [0, 0.05) is 13.7 Å². The number of nitrogens with one attached hydrogen (secondary N) is 1. The van der Waals surface area contributed by atoms with Crippen molar-refractivity contribution in [1.82, 2.24) is 5.32 Å². The molecule has 0 heterocycles. The third-order valence-electron chi connectivity index (χ3n) is 1.25. The Morgan fingerprint density at radius 2 is 2.50 bits per heavy atom. The Hall–Kier alpha value is -1.05. The zero-order chi connectivity index (χ0) is 9.40. The molecule has 0 aromatic carbocycles. The molecular formula is C8H13NO3. The van der Waals surface area contributed by atoms with Crippen molar-refractivity contribution < 1.29 is 14.6 Å². The average Bonchev–Trinajstić information content (AvgIpc) is 2.04. The van der Waals surface area contributed by atoms with Crippen molar-refractivity contribution in [2.24, 2.45) is 0 Å². The van der Waals surface area contributed by atoms with Gasteiger partial charge in [-0.3, -0.25) is 4.79 Å². The molecule has 0 spiro atoms. The summed E-state index contributed by atoms with van der Waals surface area (Å²) in [6.45, 7) is 0.638. The molecule has 1 atom stereocenters. The molecule has 4 heteroatoms. The van der Waals surface area contributed by atoms with E-state index in [4.69, 9.17) is 11.5 Å². The van der Waals surface area contributed by atoms with Gasteiger partial charge in [0.15, 0.2) is 0 Å². The summed E-state index contributed by atoms with van der Waals surface area (Å²) < 4.78 is 4.68. The van der Waals surface area contributed by atoms with Gasteiger partial charge in [0.05, 0.1) is 12.7 Å². The minimum atomic E-state index is -0.548. The van der Waals surface area contributed by atoms with Crippen LogP contribution in [0.15, 0.2) is 0 Å². The molecule has 0 aromatic rings. The molecule has 0 aliphatic heterocycles. The van der Waals surface area contributed by atoms with Crippen molar-refractivity contribution in [3.8, 4) is 12.3 Å². The third kappa shape index (κ3) is 5.71. The van der Waals surface area contributed by atoms with E-state index in [1.807, 2.05) is 5.92 Å². The highest BCUT2D eigenvalue weighted by molar-refractivity contribution is 5.92. The van der Waals surface area contributed by atoms with Gasteiger partial charge in [0.25, 0.3) is 5.91 Å². The van der Waals surface area contributed by atoms with Gasteiger partial charge >= 0.3 is 0 Å². The zero-order valence-corrected chi connectivity index (χ0v) is 7.04. The van der Waals surface area contributed by atoms with Crippen LogP contribution >= 0.6 is 0 Å². The van der Waals surface area contributed by atoms with Gasteiger partial charge in [-0.25, -0.2) is 0 Å². The number of aliphatic hydroxyl groups is 1. The smallest absolute Gasteiger partial charge is 0.295 e. The van der Waals surface area contributed by atoms with Gasteiger partial charge in [-0.1, -0.05) is 0 Å². The lowest BCUT2D eigenvalue weighted by atomic mass is 10.2. The fourth-order valence-electron chi connectivity index (χ4n) is 0.679. The van der Waals surface area contributed by atoms with Crippen LogP contribution in [-0.2, 0) is 9.53 Å². The molecule has 1 amide bonds. The molecular weight excluding hydrogens is 158 g/mol. The minimum absolute atomic E-state index is 0.270. The SMILES string of the molecule is C#CC(=O)NCCC(O)COC. The van der Waals surface area contributed by atoms with Crippen LogP contribution in [0.1, 0.15) is 6.42 Å². The predicted molar refractivity (Wildman–Crippen MR) is 44.3 cm³/mol. The molecule has 0 aromatic heterocycles. The van der Waals surface area contributed by atoms with Crippen molar-refractivity contribution in [1.29, 1.82) is 0 Å². The van der Waals surface area contributed by atoms with E-state index in [0.29, 0.717) is 13.0 Å². The second-order valence-corrected chi connectivity index (χ2v) is 2.30. The topological polar surface area (TPSA) is 58.6 Å². The van der Waals surface area contributed by atoms with Crippen LogP contribution < -0.4 is 5.32 Å². The zero-order valence-electron chi connectivity index (χ0n) is 7.04. The molecule has 0 radical (unpaired) electrons. The summed E-state index contributed by atoms with van der Waals surface area (Å²) in [5, 5.41) is 11.5. The monoisotopic (exact) mass is 171 g/mol. The summed E-state index contributed by atoms with van der Waals surface area (Å²) in [6.07, 6.45) is 4.70. The highest BCUT2D eigenvalue weighted by Crippen LogP contribution is 1.89. The van der Waals surface area contributed by atoms with E-state index in [1.165, 1.54) is 7.11 Å². The van der Waals surface area contributed by atoms with Crippen LogP contribution in [0.25, 0.3) is 0 Å². The van der Waals surface area contributed by atoms with Gasteiger partial charge in [-0.05, 0) is 12.3 Å². The first-order valence-electron chi connectivity index (χ1n) is 3.62. The van der Waals surface area contributed by atoms with E-state index >= 15 is 0 Å². The molecule has 4 nitrogen and oxygen atoms in total. The Morgan fingerprint density at radius 1 is 1.83 bits per heavy atom. The number of amides is 1. The van der Waals surface area contributed by atoms with Gasteiger partial charge < -0.3 is 15.2 Å². The maximum atomic E-state index is 10.5.